The van der Waals surface area contributed by atoms with E-state index >= 15 is 0 Å². The van der Waals surface area contributed by atoms with Crippen LogP contribution in [0.3, 0.4) is 0 Å². The van der Waals surface area contributed by atoms with E-state index in [0.717, 1.165) is 4.57 Å². The zero-order valence-electron chi connectivity index (χ0n) is 13.9. The van der Waals surface area contributed by atoms with Gasteiger partial charge in [0.15, 0.2) is 0 Å². The molecule has 0 saturated carbocycles. The number of H-pyrrole nitrogens is 1. The quantitative estimate of drug-likeness (QED) is 0.647. The highest BCUT2D eigenvalue weighted by molar-refractivity contribution is 6.03. The molecule has 0 bridgehead atoms. The molecule has 1 heterocycles. The van der Waals surface area contributed by atoms with E-state index < -0.39 is 29.1 Å². The number of carbonyl (C=O) groups is 2. The van der Waals surface area contributed by atoms with Crippen LogP contribution >= 0.6 is 0 Å². The van der Waals surface area contributed by atoms with Crippen molar-refractivity contribution in [3.63, 3.8) is 0 Å². The number of para-hydroxylation sites is 2. The number of benzene rings is 2. The van der Waals surface area contributed by atoms with Crippen LogP contribution in [-0.4, -0.2) is 21.4 Å². The van der Waals surface area contributed by atoms with Crippen molar-refractivity contribution in [2.24, 2.45) is 5.73 Å². The van der Waals surface area contributed by atoms with Crippen LogP contribution in [0.15, 0.2) is 58.1 Å². The molecule has 1 atom stereocenters. The second-order valence-electron chi connectivity index (χ2n) is 5.73. The van der Waals surface area contributed by atoms with Gasteiger partial charge in [0, 0.05) is 0 Å². The first kappa shape index (κ1) is 17.2. The van der Waals surface area contributed by atoms with Gasteiger partial charge in [-0.15, -0.1) is 0 Å². The minimum absolute atomic E-state index is 0.132. The second kappa shape index (κ2) is 6.67. The maximum Gasteiger partial charge on any atom is 0.329 e. The van der Waals surface area contributed by atoms with E-state index in [1.165, 1.54) is 19.1 Å². The van der Waals surface area contributed by atoms with Gasteiger partial charge in [-0.3, -0.25) is 14.4 Å². The Bertz CT molecular complexity index is 1130. The molecule has 8 nitrogen and oxygen atoms in total. The molecule has 2 amide bonds. The molecule has 1 aromatic heterocycles. The molecular weight excluding hydrogens is 336 g/mol. The van der Waals surface area contributed by atoms with Crippen LogP contribution in [0.5, 0.6) is 0 Å². The number of aromatic nitrogens is 2. The number of anilines is 1. The summed E-state index contributed by atoms with van der Waals surface area (Å²) in [7, 11) is 0. The van der Waals surface area contributed by atoms with Gasteiger partial charge in [-0.25, -0.2) is 9.36 Å². The normalized spacial score (nSPS) is 11.9. The number of hydrogen-bond donors (Lipinski definition) is 3. The van der Waals surface area contributed by atoms with Crippen LogP contribution in [0.25, 0.3) is 10.9 Å². The smallest absolute Gasteiger partial charge is 0.329 e. The molecule has 4 N–H and O–H groups in total. The van der Waals surface area contributed by atoms with Crippen LogP contribution in [0.2, 0.25) is 0 Å². The number of nitrogens with one attached hydrogen (secondary N) is 2. The van der Waals surface area contributed by atoms with Crippen molar-refractivity contribution < 1.29 is 9.59 Å². The maximum atomic E-state index is 12.6. The summed E-state index contributed by atoms with van der Waals surface area (Å²) in [6, 6.07) is 11.7. The molecule has 2 aromatic carbocycles. The standard InChI is InChI=1S/C18H16N4O4/c1-10(16(24)20-13-8-4-2-6-11(13)15(19)23)22-17(25)12-7-3-5-9-14(12)21-18(22)26/h2-10H,1H3,(H2,19,23)(H,20,24)(H,21,26)/t10-/m0/s1. The van der Waals surface area contributed by atoms with Crippen molar-refractivity contribution in [1.82, 2.24) is 9.55 Å². The molecule has 3 rings (SSSR count). The number of nitrogens with zero attached hydrogens (tertiary/aromatic N) is 1. The molecule has 132 valence electrons. The van der Waals surface area contributed by atoms with Crippen molar-refractivity contribution in [1.29, 1.82) is 0 Å². The number of amides is 2. The largest absolute Gasteiger partial charge is 0.366 e. The van der Waals surface area contributed by atoms with Gasteiger partial charge in [0.25, 0.3) is 11.5 Å². The number of nitrogens with two attached hydrogens (primary N) is 1. The zero-order valence-corrected chi connectivity index (χ0v) is 13.9. The van der Waals surface area contributed by atoms with Crippen molar-refractivity contribution >= 4 is 28.4 Å². The Labute approximate surface area is 147 Å². The Morgan fingerprint density at radius 1 is 1.08 bits per heavy atom. The monoisotopic (exact) mass is 352 g/mol. The van der Waals surface area contributed by atoms with Gasteiger partial charge in [-0.1, -0.05) is 24.3 Å². The summed E-state index contributed by atoms with van der Waals surface area (Å²) in [5.41, 5.74) is 4.76. The van der Waals surface area contributed by atoms with Crippen molar-refractivity contribution in [2.75, 3.05) is 5.32 Å². The minimum Gasteiger partial charge on any atom is -0.366 e. The molecule has 0 spiro atoms. The summed E-state index contributed by atoms with van der Waals surface area (Å²) in [5.74, 6) is -1.32. The number of carbonyl (C=O) groups excluding carboxylic acids is 2. The van der Waals surface area contributed by atoms with Crippen LogP contribution in [0.1, 0.15) is 23.3 Å². The summed E-state index contributed by atoms with van der Waals surface area (Å²) in [4.78, 5) is 51.5. The lowest BCUT2D eigenvalue weighted by Gasteiger charge is -2.16. The molecule has 0 fully saturated rings. The zero-order chi connectivity index (χ0) is 18.8. The molecular formula is C18H16N4O4. The maximum absolute atomic E-state index is 12.6. The van der Waals surface area contributed by atoms with Gasteiger partial charge < -0.3 is 16.0 Å². The molecule has 0 aliphatic heterocycles. The number of fused-ring (bicyclic) bond motifs is 1. The van der Waals surface area contributed by atoms with Gasteiger partial charge in [0.05, 0.1) is 22.2 Å². The first-order chi connectivity index (χ1) is 12.4. The van der Waals surface area contributed by atoms with Crippen LogP contribution < -0.4 is 22.3 Å². The van der Waals surface area contributed by atoms with Gasteiger partial charge in [0.1, 0.15) is 6.04 Å². The van der Waals surface area contributed by atoms with Gasteiger partial charge in [-0.2, -0.15) is 0 Å². The lowest BCUT2D eigenvalue weighted by Crippen LogP contribution is -2.41. The fraction of sp³-hybridized carbons (Fsp3) is 0.111. The highest BCUT2D eigenvalue weighted by Gasteiger charge is 2.21. The molecule has 0 aliphatic rings. The fourth-order valence-corrected chi connectivity index (χ4v) is 2.69. The van der Waals surface area contributed by atoms with E-state index in [4.69, 9.17) is 5.73 Å². The summed E-state index contributed by atoms with van der Waals surface area (Å²) >= 11 is 0. The van der Waals surface area contributed by atoms with Gasteiger partial charge in [0.2, 0.25) is 5.91 Å². The first-order valence-electron chi connectivity index (χ1n) is 7.83. The molecule has 0 aliphatic carbocycles. The third kappa shape index (κ3) is 3.00. The SMILES string of the molecule is C[C@@H](C(=O)Nc1ccccc1C(N)=O)n1c(=O)[nH]c2ccccc2c1=O. The summed E-state index contributed by atoms with van der Waals surface area (Å²) in [6.07, 6.45) is 0. The van der Waals surface area contributed by atoms with Crippen LogP contribution in [0, 0.1) is 0 Å². The average molecular weight is 352 g/mol. The van der Waals surface area contributed by atoms with E-state index in [0.29, 0.717) is 10.9 Å². The number of rotatable bonds is 4. The highest BCUT2D eigenvalue weighted by atomic mass is 16.2. The topological polar surface area (TPSA) is 127 Å². The van der Waals surface area contributed by atoms with Gasteiger partial charge in [-0.05, 0) is 31.2 Å². The summed E-state index contributed by atoms with van der Waals surface area (Å²) in [6.45, 7) is 1.42. The lowest BCUT2D eigenvalue weighted by molar-refractivity contribution is -0.119. The Hall–Kier alpha value is -3.68. The van der Waals surface area contributed by atoms with E-state index in [-0.39, 0.29) is 11.3 Å². The number of primary amides is 1. The molecule has 3 aromatic rings. The van der Waals surface area contributed by atoms with Gasteiger partial charge >= 0.3 is 5.69 Å². The Balaban J connectivity index is 2.00. The molecule has 0 unspecified atom stereocenters. The highest BCUT2D eigenvalue weighted by Crippen LogP contribution is 2.16. The molecule has 8 heteroatoms. The predicted molar refractivity (Wildman–Crippen MR) is 97.1 cm³/mol. The Kier molecular flexibility index (Phi) is 4.40. The van der Waals surface area contributed by atoms with E-state index in [1.807, 2.05) is 0 Å². The van der Waals surface area contributed by atoms with Crippen LogP contribution in [-0.2, 0) is 4.79 Å². The van der Waals surface area contributed by atoms with Crippen molar-refractivity contribution in [3.05, 3.63) is 74.9 Å². The van der Waals surface area contributed by atoms with Crippen molar-refractivity contribution in [2.45, 2.75) is 13.0 Å². The number of hydrogen-bond acceptors (Lipinski definition) is 4. The minimum atomic E-state index is -1.10. The molecule has 26 heavy (non-hydrogen) atoms. The predicted octanol–water partition coefficient (Wildman–Crippen LogP) is 0.988. The third-order valence-corrected chi connectivity index (χ3v) is 4.05. The lowest BCUT2D eigenvalue weighted by atomic mass is 10.1. The number of aromatic amines is 1. The van der Waals surface area contributed by atoms with Crippen molar-refractivity contribution in [3.8, 4) is 0 Å². The van der Waals surface area contributed by atoms with E-state index in [2.05, 4.69) is 10.3 Å². The third-order valence-electron chi connectivity index (χ3n) is 4.05. The van der Waals surface area contributed by atoms with E-state index in [9.17, 15) is 19.2 Å². The molecule has 0 radical (unpaired) electrons. The first-order valence-corrected chi connectivity index (χ1v) is 7.83. The molecule has 0 saturated heterocycles. The summed E-state index contributed by atoms with van der Waals surface area (Å²) < 4.78 is 0.838. The summed E-state index contributed by atoms with van der Waals surface area (Å²) in [5, 5.41) is 2.84. The average Bonchev–Trinajstić information content (AvgIpc) is 2.61. The Morgan fingerprint density at radius 2 is 1.73 bits per heavy atom. The fourth-order valence-electron chi connectivity index (χ4n) is 2.69. The van der Waals surface area contributed by atoms with Crippen LogP contribution in [0.4, 0.5) is 5.69 Å². The Morgan fingerprint density at radius 3 is 2.46 bits per heavy atom. The van der Waals surface area contributed by atoms with E-state index in [1.54, 1.807) is 36.4 Å². The second-order valence-corrected chi connectivity index (χ2v) is 5.73.